The van der Waals surface area contributed by atoms with Crippen LogP contribution in [0.3, 0.4) is 0 Å². The maximum atomic E-state index is 5.59. The van der Waals surface area contributed by atoms with Crippen LogP contribution in [0, 0.1) is 6.92 Å². The zero-order valence-corrected chi connectivity index (χ0v) is 16.7. The van der Waals surface area contributed by atoms with Crippen molar-refractivity contribution in [1.82, 2.24) is 25.1 Å². The van der Waals surface area contributed by atoms with Crippen LogP contribution in [0.15, 0.2) is 36.8 Å². The molecule has 0 aliphatic carbocycles. The highest BCUT2D eigenvalue weighted by Gasteiger charge is 2.14. The summed E-state index contributed by atoms with van der Waals surface area (Å²) in [7, 11) is 1.65. The molecule has 0 aliphatic rings. The maximum absolute atomic E-state index is 5.59. The first-order chi connectivity index (χ1) is 13.7. The van der Waals surface area contributed by atoms with Gasteiger partial charge in [-0.2, -0.15) is 10.2 Å². The van der Waals surface area contributed by atoms with Crippen molar-refractivity contribution in [3.63, 3.8) is 0 Å². The number of fused-ring (bicyclic) bond motifs is 1. The number of thiazole rings is 1. The average molecular weight is 392 g/mol. The summed E-state index contributed by atoms with van der Waals surface area (Å²) in [5.41, 5.74) is 3.47. The number of rotatable bonds is 6. The third-order valence-electron chi connectivity index (χ3n) is 4.36. The molecule has 0 saturated carbocycles. The molecule has 0 amide bonds. The van der Waals surface area contributed by atoms with Gasteiger partial charge in [-0.15, -0.1) is 11.3 Å². The van der Waals surface area contributed by atoms with Gasteiger partial charge in [0, 0.05) is 22.0 Å². The number of aromatic nitrogens is 5. The Morgan fingerprint density at radius 3 is 2.71 bits per heavy atom. The molecular formula is C20H20N6OS. The minimum Gasteiger partial charge on any atom is -0.494 e. The Morgan fingerprint density at radius 2 is 2.00 bits per heavy atom. The summed E-state index contributed by atoms with van der Waals surface area (Å²) in [5.74, 6) is 1.42. The lowest BCUT2D eigenvalue weighted by Crippen LogP contribution is -2.05. The summed E-state index contributed by atoms with van der Waals surface area (Å²) in [4.78, 5) is 14.6. The van der Waals surface area contributed by atoms with Gasteiger partial charge in [0.2, 0.25) is 0 Å². The van der Waals surface area contributed by atoms with Gasteiger partial charge in [-0.3, -0.25) is 0 Å². The first-order valence-electron chi connectivity index (χ1n) is 8.99. The summed E-state index contributed by atoms with van der Waals surface area (Å²) in [6.45, 7) is 4.56. The van der Waals surface area contributed by atoms with Crippen LogP contribution in [0.2, 0.25) is 0 Å². The standard InChI is InChI=1S/C20H20N6OS/c1-4-15-10-22-20(28-15)13-7-16-18(17(8-13)27-3)23-11-24-19(16)21-9-14-6-5-12(2)25-26-14/h5-8,10-11H,4,9H2,1-3H3,(H,21,23,24). The van der Waals surface area contributed by atoms with Crippen LogP contribution in [0.25, 0.3) is 21.5 Å². The van der Waals surface area contributed by atoms with E-state index in [0.717, 1.165) is 45.1 Å². The van der Waals surface area contributed by atoms with E-state index in [0.29, 0.717) is 12.3 Å². The van der Waals surface area contributed by atoms with E-state index in [9.17, 15) is 0 Å². The van der Waals surface area contributed by atoms with Crippen LogP contribution in [0.4, 0.5) is 5.82 Å². The number of hydrogen-bond acceptors (Lipinski definition) is 8. The number of hydrogen-bond donors (Lipinski definition) is 1. The van der Waals surface area contributed by atoms with Crippen LogP contribution in [0.1, 0.15) is 23.2 Å². The molecule has 142 valence electrons. The van der Waals surface area contributed by atoms with Crippen molar-refractivity contribution in [3.05, 3.63) is 53.1 Å². The first kappa shape index (κ1) is 18.2. The number of ether oxygens (including phenoxy) is 1. The lowest BCUT2D eigenvalue weighted by molar-refractivity contribution is 0.419. The second-order valence-corrected chi connectivity index (χ2v) is 7.42. The maximum Gasteiger partial charge on any atom is 0.145 e. The van der Waals surface area contributed by atoms with E-state index in [1.165, 1.54) is 11.2 Å². The highest BCUT2D eigenvalue weighted by molar-refractivity contribution is 7.15. The molecule has 4 rings (SSSR count). The van der Waals surface area contributed by atoms with Gasteiger partial charge in [0.05, 0.1) is 25.0 Å². The van der Waals surface area contributed by atoms with Gasteiger partial charge < -0.3 is 10.1 Å². The van der Waals surface area contributed by atoms with Crippen LogP contribution >= 0.6 is 11.3 Å². The highest BCUT2D eigenvalue weighted by atomic mass is 32.1. The summed E-state index contributed by atoms with van der Waals surface area (Å²) >= 11 is 1.68. The predicted octanol–water partition coefficient (Wildman–Crippen LogP) is 4.03. The average Bonchev–Trinajstić information content (AvgIpc) is 3.22. The van der Waals surface area contributed by atoms with Crippen LogP contribution in [-0.2, 0) is 13.0 Å². The molecule has 0 fully saturated rings. The van der Waals surface area contributed by atoms with Crippen molar-refractivity contribution < 1.29 is 4.74 Å². The van der Waals surface area contributed by atoms with Crippen molar-refractivity contribution in [2.75, 3.05) is 12.4 Å². The number of anilines is 1. The van der Waals surface area contributed by atoms with Crippen molar-refractivity contribution in [2.45, 2.75) is 26.8 Å². The monoisotopic (exact) mass is 392 g/mol. The number of methoxy groups -OCH3 is 1. The fourth-order valence-corrected chi connectivity index (χ4v) is 3.69. The van der Waals surface area contributed by atoms with Gasteiger partial charge in [0.1, 0.15) is 28.4 Å². The lowest BCUT2D eigenvalue weighted by atomic mass is 10.1. The van der Waals surface area contributed by atoms with Gasteiger partial charge in [0.25, 0.3) is 0 Å². The molecule has 4 aromatic rings. The van der Waals surface area contributed by atoms with E-state index in [1.54, 1.807) is 18.4 Å². The Kier molecular flexibility index (Phi) is 5.12. The van der Waals surface area contributed by atoms with Gasteiger partial charge in [-0.05, 0) is 37.6 Å². The second kappa shape index (κ2) is 7.85. The fraction of sp³-hybridized carbons (Fsp3) is 0.250. The second-order valence-electron chi connectivity index (χ2n) is 6.30. The molecule has 0 radical (unpaired) electrons. The molecule has 7 nitrogen and oxygen atoms in total. The van der Waals surface area contributed by atoms with Crippen LogP contribution < -0.4 is 10.1 Å². The Balaban J connectivity index is 1.73. The molecule has 0 unspecified atom stereocenters. The summed E-state index contributed by atoms with van der Waals surface area (Å²) in [5, 5.41) is 13.5. The molecule has 3 aromatic heterocycles. The molecule has 28 heavy (non-hydrogen) atoms. The Labute approximate surface area is 166 Å². The molecule has 1 N–H and O–H groups in total. The molecule has 0 atom stereocenters. The van der Waals surface area contributed by atoms with Gasteiger partial charge >= 0.3 is 0 Å². The van der Waals surface area contributed by atoms with Gasteiger partial charge in [0.15, 0.2) is 0 Å². The Hall–Kier alpha value is -3.13. The van der Waals surface area contributed by atoms with E-state index < -0.39 is 0 Å². The number of benzene rings is 1. The quantitative estimate of drug-likeness (QED) is 0.530. The Bertz CT molecular complexity index is 1110. The van der Waals surface area contributed by atoms with Crippen molar-refractivity contribution >= 4 is 28.1 Å². The fourth-order valence-electron chi connectivity index (χ4n) is 2.85. The van der Waals surface area contributed by atoms with E-state index in [1.807, 2.05) is 31.3 Å². The Morgan fingerprint density at radius 1 is 1.11 bits per heavy atom. The first-order valence-corrected chi connectivity index (χ1v) is 9.80. The van der Waals surface area contributed by atoms with Crippen molar-refractivity contribution in [3.8, 4) is 16.3 Å². The molecule has 1 aromatic carbocycles. The summed E-state index contributed by atoms with van der Waals surface area (Å²) in [6, 6.07) is 7.92. The van der Waals surface area contributed by atoms with Crippen molar-refractivity contribution in [2.24, 2.45) is 0 Å². The zero-order valence-electron chi connectivity index (χ0n) is 15.9. The smallest absolute Gasteiger partial charge is 0.145 e. The largest absolute Gasteiger partial charge is 0.494 e. The minimum absolute atomic E-state index is 0.517. The number of nitrogens with one attached hydrogen (secondary N) is 1. The van der Waals surface area contributed by atoms with E-state index in [2.05, 4.69) is 43.5 Å². The molecule has 0 saturated heterocycles. The van der Waals surface area contributed by atoms with Gasteiger partial charge in [-0.25, -0.2) is 15.0 Å². The molecule has 0 spiro atoms. The SMILES string of the molecule is CCc1cnc(-c2cc(OC)c3ncnc(NCc4ccc(C)nn4)c3c2)s1. The third-order valence-corrected chi connectivity index (χ3v) is 5.55. The molecule has 3 heterocycles. The van der Waals surface area contributed by atoms with Crippen LogP contribution in [0.5, 0.6) is 5.75 Å². The summed E-state index contributed by atoms with van der Waals surface area (Å²) < 4.78 is 5.59. The lowest BCUT2D eigenvalue weighted by Gasteiger charge is -2.11. The van der Waals surface area contributed by atoms with E-state index in [-0.39, 0.29) is 0 Å². The molecule has 8 heteroatoms. The number of aryl methyl sites for hydroxylation is 2. The van der Waals surface area contributed by atoms with E-state index >= 15 is 0 Å². The normalized spacial score (nSPS) is 11.0. The van der Waals surface area contributed by atoms with Crippen LogP contribution in [-0.4, -0.2) is 32.3 Å². The topological polar surface area (TPSA) is 85.7 Å². The highest BCUT2D eigenvalue weighted by Crippen LogP contribution is 2.35. The third kappa shape index (κ3) is 3.63. The minimum atomic E-state index is 0.517. The molecule has 0 aliphatic heterocycles. The number of nitrogens with zero attached hydrogens (tertiary/aromatic N) is 5. The van der Waals surface area contributed by atoms with E-state index in [4.69, 9.17) is 4.74 Å². The van der Waals surface area contributed by atoms with Gasteiger partial charge in [-0.1, -0.05) is 6.92 Å². The predicted molar refractivity (Wildman–Crippen MR) is 111 cm³/mol. The zero-order chi connectivity index (χ0) is 19.5. The summed E-state index contributed by atoms with van der Waals surface area (Å²) in [6.07, 6.45) is 4.43. The molecular weight excluding hydrogens is 372 g/mol. The molecule has 0 bridgehead atoms. The van der Waals surface area contributed by atoms with Crippen molar-refractivity contribution in [1.29, 1.82) is 0 Å².